The molecule has 0 radical (unpaired) electrons. The first-order valence-corrected chi connectivity index (χ1v) is 8.43. The Hall–Kier alpha value is -0.350. The molecule has 1 heterocycles. The highest BCUT2D eigenvalue weighted by atomic mass is 79.9. The third-order valence-corrected chi connectivity index (χ3v) is 5.04. The zero-order valence-electron chi connectivity index (χ0n) is 12.4. The minimum Gasteiger partial charge on any atom is -0.348 e. The van der Waals surface area contributed by atoms with Crippen molar-refractivity contribution >= 4 is 33.2 Å². The molecule has 1 unspecified atom stereocenters. The number of thiophene rings is 1. The Kier molecular flexibility index (Phi) is 6.06. The van der Waals surface area contributed by atoms with Crippen molar-refractivity contribution in [2.45, 2.75) is 53.5 Å². The van der Waals surface area contributed by atoms with Gasteiger partial charge in [0.05, 0.1) is 0 Å². The van der Waals surface area contributed by atoms with E-state index < -0.39 is 0 Å². The summed E-state index contributed by atoms with van der Waals surface area (Å²) in [5.41, 5.74) is 0.0777. The molecule has 1 atom stereocenters. The lowest BCUT2D eigenvalue weighted by Crippen LogP contribution is -2.43. The standard InChI is InChI=1S/C15H24BrNOS/c1-10(2)6-7-12(15(3,4)5)17-14(18)13-11(16)8-9-19-13/h8-10,12H,6-7H2,1-5H3,(H,17,18). The van der Waals surface area contributed by atoms with Crippen molar-refractivity contribution in [1.29, 1.82) is 0 Å². The van der Waals surface area contributed by atoms with Gasteiger partial charge >= 0.3 is 0 Å². The van der Waals surface area contributed by atoms with Gasteiger partial charge in [-0.3, -0.25) is 4.79 Å². The normalized spacial score (nSPS) is 13.6. The molecule has 0 bridgehead atoms. The molecule has 19 heavy (non-hydrogen) atoms. The van der Waals surface area contributed by atoms with Gasteiger partial charge in [0.2, 0.25) is 0 Å². The molecule has 2 nitrogen and oxygen atoms in total. The highest BCUT2D eigenvalue weighted by Gasteiger charge is 2.27. The molecule has 0 saturated heterocycles. The van der Waals surface area contributed by atoms with Gasteiger partial charge in [0.25, 0.3) is 5.91 Å². The fraction of sp³-hybridized carbons (Fsp3) is 0.667. The Morgan fingerprint density at radius 1 is 1.37 bits per heavy atom. The van der Waals surface area contributed by atoms with Gasteiger partial charge in [0.15, 0.2) is 0 Å². The second kappa shape index (κ2) is 6.89. The van der Waals surface area contributed by atoms with Gasteiger partial charge in [-0.05, 0) is 51.6 Å². The molecule has 0 spiro atoms. The van der Waals surface area contributed by atoms with Gasteiger partial charge in [-0.15, -0.1) is 11.3 Å². The lowest BCUT2D eigenvalue weighted by atomic mass is 9.83. The average Bonchev–Trinajstić information content (AvgIpc) is 2.68. The zero-order valence-corrected chi connectivity index (χ0v) is 14.8. The second-order valence-corrected chi connectivity index (χ2v) is 8.23. The van der Waals surface area contributed by atoms with E-state index in [2.05, 4.69) is 55.9 Å². The van der Waals surface area contributed by atoms with E-state index in [0.717, 1.165) is 22.2 Å². The monoisotopic (exact) mass is 345 g/mol. The molecule has 108 valence electrons. The van der Waals surface area contributed by atoms with E-state index in [4.69, 9.17) is 0 Å². The van der Waals surface area contributed by atoms with Crippen LogP contribution in [0.15, 0.2) is 15.9 Å². The van der Waals surface area contributed by atoms with Crippen molar-refractivity contribution < 1.29 is 4.79 Å². The Bertz CT molecular complexity index is 420. The maximum atomic E-state index is 12.3. The number of rotatable bonds is 5. The number of halogens is 1. The van der Waals surface area contributed by atoms with Gasteiger partial charge in [0, 0.05) is 10.5 Å². The summed E-state index contributed by atoms with van der Waals surface area (Å²) in [6.07, 6.45) is 2.16. The van der Waals surface area contributed by atoms with Crippen LogP contribution in [0.3, 0.4) is 0 Å². The SMILES string of the molecule is CC(C)CCC(NC(=O)c1sccc1Br)C(C)(C)C. The molecular weight excluding hydrogens is 322 g/mol. The fourth-order valence-corrected chi connectivity index (χ4v) is 3.36. The number of carbonyl (C=O) groups excluding carboxylic acids is 1. The van der Waals surface area contributed by atoms with Crippen LogP contribution in [0.2, 0.25) is 0 Å². The van der Waals surface area contributed by atoms with E-state index in [1.165, 1.54) is 11.3 Å². The van der Waals surface area contributed by atoms with Gasteiger partial charge in [-0.25, -0.2) is 0 Å². The predicted molar refractivity (Wildman–Crippen MR) is 86.8 cm³/mol. The van der Waals surface area contributed by atoms with Crippen molar-refractivity contribution in [2.24, 2.45) is 11.3 Å². The van der Waals surface area contributed by atoms with Crippen molar-refractivity contribution in [2.75, 3.05) is 0 Å². The summed E-state index contributed by atoms with van der Waals surface area (Å²) in [6, 6.07) is 2.12. The van der Waals surface area contributed by atoms with Gasteiger partial charge in [0.1, 0.15) is 4.88 Å². The first kappa shape index (κ1) is 16.7. The molecular formula is C15H24BrNOS. The predicted octanol–water partition coefficient (Wildman–Crippen LogP) is 5.09. The number of nitrogens with one attached hydrogen (secondary N) is 1. The Morgan fingerprint density at radius 3 is 2.42 bits per heavy atom. The summed E-state index contributed by atoms with van der Waals surface area (Å²) in [5, 5.41) is 5.13. The first-order chi connectivity index (χ1) is 8.71. The third kappa shape index (κ3) is 5.27. The van der Waals surface area contributed by atoms with Crippen molar-refractivity contribution in [3.05, 3.63) is 20.8 Å². The van der Waals surface area contributed by atoms with Crippen LogP contribution in [-0.2, 0) is 0 Å². The fourth-order valence-electron chi connectivity index (χ4n) is 1.90. The van der Waals surface area contributed by atoms with E-state index in [9.17, 15) is 4.79 Å². The van der Waals surface area contributed by atoms with Crippen LogP contribution in [0.5, 0.6) is 0 Å². The average molecular weight is 346 g/mol. The van der Waals surface area contributed by atoms with Gasteiger partial charge in [-0.2, -0.15) is 0 Å². The van der Waals surface area contributed by atoms with Gasteiger partial charge < -0.3 is 5.32 Å². The van der Waals surface area contributed by atoms with Crippen LogP contribution >= 0.6 is 27.3 Å². The minimum absolute atomic E-state index is 0.0329. The summed E-state index contributed by atoms with van der Waals surface area (Å²) < 4.78 is 0.881. The van der Waals surface area contributed by atoms with E-state index in [1.807, 2.05) is 11.4 Å². The lowest BCUT2D eigenvalue weighted by molar-refractivity contribution is 0.0897. The van der Waals surface area contributed by atoms with Crippen molar-refractivity contribution in [3.63, 3.8) is 0 Å². The molecule has 1 aromatic heterocycles. The summed E-state index contributed by atoms with van der Waals surface area (Å²) >= 11 is 4.89. The van der Waals surface area contributed by atoms with E-state index in [0.29, 0.717) is 5.92 Å². The third-order valence-electron chi connectivity index (χ3n) is 3.21. The largest absolute Gasteiger partial charge is 0.348 e. The van der Waals surface area contributed by atoms with Crippen LogP contribution in [0, 0.1) is 11.3 Å². The van der Waals surface area contributed by atoms with Crippen LogP contribution in [0.4, 0.5) is 0 Å². The maximum absolute atomic E-state index is 12.3. The first-order valence-electron chi connectivity index (χ1n) is 6.75. The number of carbonyl (C=O) groups is 1. The Labute approximate surface area is 129 Å². The van der Waals surface area contributed by atoms with Crippen molar-refractivity contribution in [3.8, 4) is 0 Å². The quantitative estimate of drug-likeness (QED) is 0.790. The van der Waals surface area contributed by atoms with E-state index >= 15 is 0 Å². The summed E-state index contributed by atoms with van der Waals surface area (Å²) in [5.74, 6) is 0.695. The van der Waals surface area contributed by atoms with E-state index in [1.54, 1.807) is 0 Å². The molecule has 0 saturated carbocycles. The number of hydrogen-bond acceptors (Lipinski definition) is 2. The molecule has 1 aromatic rings. The van der Waals surface area contributed by atoms with Crippen LogP contribution in [-0.4, -0.2) is 11.9 Å². The summed E-state index contributed by atoms with van der Waals surface area (Å²) in [6.45, 7) is 11.0. The molecule has 0 aliphatic heterocycles. The number of hydrogen-bond donors (Lipinski definition) is 1. The van der Waals surface area contributed by atoms with Crippen LogP contribution in [0.25, 0.3) is 0 Å². The van der Waals surface area contributed by atoms with Crippen LogP contribution < -0.4 is 5.32 Å². The molecule has 1 N–H and O–H groups in total. The lowest BCUT2D eigenvalue weighted by Gasteiger charge is -2.32. The minimum atomic E-state index is 0.0329. The van der Waals surface area contributed by atoms with E-state index in [-0.39, 0.29) is 17.4 Å². The van der Waals surface area contributed by atoms with Gasteiger partial charge in [-0.1, -0.05) is 34.6 Å². The Balaban J connectivity index is 2.72. The molecule has 4 heteroatoms. The second-order valence-electron chi connectivity index (χ2n) is 6.46. The zero-order chi connectivity index (χ0) is 14.6. The summed E-state index contributed by atoms with van der Waals surface area (Å²) in [7, 11) is 0. The topological polar surface area (TPSA) is 29.1 Å². The summed E-state index contributed by atoms with van der Waals surface area (Å²) in [4.78, 5) is 13.1. The molecule has 1 rings (SSSR count). The molecule has 1 amide bonds. The maximum Gasteiger partial charge on any atom is 0.262 e. The Morgan fingerprint density at radius 2 is 2.00 bits per heavy atom. The number of amides is 1. The molecule has 0 fully saturated rings. The molecule has 0 aliphatic carbocycles. The highest BCUT2D eigenvalue weighted by Crippen LogP contribution is 2.27. The molecule has 0 aromatic carbocycles. The van der Waals surface area contributed by atoms with Crippen LogP contribution in [0.1, 0.15) is 57.1 Å². The smallest absolute Gasteiger partial charge is 0.262 e. The van der Waals surface area contributed by atoms with Crippen molar-refractivity contribution in [1.82, 2.24) is 5.32 Å². The molecule has 0 aliphatic rings. The highest BCUT2D eigenvalue weighted by molar-refractivity contribution is 9.10.